The number of fused-ring (bicyclic) bond motifs is 1. The fraction of sp³-hybridized carbons (Fsp3) is 0.583. The van der Waals surface area contributed by atoms with Gasteiger partial charge >= 0.3 is 0 Å². The van der Waals surface area contributed by atoms with Gasteiger partial charge < -0.3 is 4.74 Å². The van der Waals surface area contributed by atoms with Gasteiger partial charge in [-0.15, -0.1) is 0 Å². The summed E-state index contributed by atoms with van der Waals surface area (Å²) in [4.78, 5) is 4.18. The molecule has 1 unspecified atom stereocenters. The number of rotatable bonds is 3. The first-order chi connectivity index (χ1) is 8.40. The first-order valence-corrected chi connectivity index (χ1v) is 7.44. The van der Waals surface area contributed by atoms with Gasteiger partial charge in [-0.2, -0.15) is 0 Å². The van der Waals surface area contributed by atoms with Crippen LogP contribution in [0.25, 0.3) is 0 Å². The molecule has 6 heteroatoms. The molecule has 0 fully saturated rings. The van der Waals surface area contributed by atoms with E-state index in [0.29, 0.717) is 17.5 Å². The van der Waals surface area contributed by atoms with Crippen LogP contribution in [0.1, 0.15) is 38.2 Å². The lowest BCUT2D eigenvalue weighted by atomic mass is 9.87. The van der Waals surface area contributed by atoms with E-state index in [9.17, 15) is 4.21 Å². The van der Waals surface area contributed by atoms with Crippen molar-refractivity contribution in [3.05, 3.63) is 22.8 Å². The molecule has 2 N–H and O–H groups in total. The average molecular weight is 289 g/mol. The van der Waals surface area contributed by atoms with Crippen LogP contribution < -0.4 is 9.88 Å². The number of ether oxygens (including phenoxy) is 1. The van der Waals surface area contributed by atoms with E-state index in [2.05, 4.69) is 4.98 Å². The Kier molecular flexibility index (Phi) is 3.94. The zero-order chi connectivity index (χ0) is 13.3. The van der Waals surface area contributed by atoms with E-state index >= 15 is 0 Å². The lowest BCUT2D eigenvalue weighted by Gasteiger charge is -2.31. The molecule has 18 heavy (non-hydrogen) atoms. The van der Waals surface area contributed by atoms with Crippen molar-refractivity contribution in [3.63, 3.8) is 0 Å². The highest BCUT2D eigenvalue weighted by molar-refractivity contribution is 7.84. The van der Waals surface area contributed by atoms with Crippen molar-refractivity contribution in [2.45, 2.75) is 37.4 Å². The van der Waals surface area contributed by atoms with Gasteiger partial charge in [-0.3, -0.25) is 5.14 Å². The number of hydrogen-bond donors (Lipinski definition) is 1. The molecule has 1 aliphatic heterocycles. The van der Waals surface area contributed by atoms with E-state index in [4.69, 9.17) is 21.5 Å². The quantitative estimate of drug-likeness (QED) is 0.929. The first-order valence-electron chi connectivity index (χ1n) is 5.84. The molecule has 0 saturated heterocycles. The van der Waals surface area contributed by atoms with Gasteiger partial charge in [0.25, 0.3) is 0 Å². The smallest absolute Gasteiger partial charge is 0.216 e. The summed E-state index contributed by atoms with van der Waals surface area (Å²) in [6.07, 6.45) is 3.18. The van der Waals surface area contributed by atoms with Crippen molar-refractivity contribution < 1.29 is 8.95 Å². The van der Waals surface area contributed by atoms with Crippen molar-refractivity contribution >= 4 is 22.6 Å². The van der Waals surface area contributed by atoms with Crippen LogP contribution in [0.4, 0.5) is 0 Å². The van der Waals surface area contributed by atoms with E-state index < -0.39 is 15.7 Å². The Morgan fingerprint density at radius 3 is 3.06 bits per heavy atom. The lowest BCUT2D eigenvalue weighted by molar-refractivity contribution is 0.248. The molecule has 0 saturated carbocycles. The third-order valence-electron chi connectivity index (χ3n) is 3.27. The van der Waals surface area contributed by atoms with E-state index in [1.807, 2.05) is 19.9 Å². The predicted molar refractivity (Wildman–Crippen MR) is 73.1 cm³/mol. The van der Waals surface area contributed by atoms with Crippen LogP contribution in [-0.2, 0) is 11.0 Å². The topological polar surface area (TPSA) is 65.2 Å². The molecule has 0 spiro atoms. The van der Waals surface area contributed by atoms with Crippen LogP contribution in [0.3, 0.4) is 0 Å². The number of nitrogens with two attached hydrogens (primary N) is 1. The molecule has 1 aromatic heterocycles. The molecule has 100 valence electrons. The molecule has 2 atom stereocenters. The second kappa shape index (κ2) is 5.15. The Morgan fingerprint density at radius 1 is 1.67 bits per heavy atom. The van der Waals surface area contributed by atoms with Crippen LogP contribution in [0.5, 0.6) is 5.88 Å². The predicted octanol–water partition coefficient (Wildman–Crippen LogP) is 2.39. The molecular weight excluding hydrogens is 272 g/mol. The molecular formula is C12H17ClN2O2S. The fourth-order valence-electron chi connectivity index (χ4n) is 2.20. The molecule has 1 aromatic rings. The van der Waals surface area contributed by atoms with E-state index in [0.717, 1.165) is 18.4 Å². The summed E-state index contributed by atoms with van der Waals surface area (Å²) in [6, 6.07) is 1.88. The maximum Gasteiger partial charge on any atom is 0.216 e. The standard InChI is InChI=1S/C12H17ClN2O2S/c1-12(2,18(14)16)6-8-3-4-17-11-10(8)5-9(13)7-15-11/h5,7-8H,3-4,6,14H2,1-2H3/t8-,18?/m0/s1. The number of nitrogens with zero attached hydrogens (tertiary/aromatic N) is 1. The zero-order valence-electron chi connectivity index (χ0n) is 10.5. The average Bonchev–Trinajstić information content (AvgIpc) is 2.29. The molecule has 4 nitrogen and oxygen atoms in total. The summed E-state index contributed by atoms with van der Waals surface area (Å²) in [5.74, 6) is 0.872. The number of pyridine rings is 1. The van der Waals surface area contributed by atoms with Crippen molar-refractivity contribution in [1.29, 1.82) is 0 Å². The minimum atomic E-state index is -1.35. The maximum absolute atomic E-state index is 11.5. The minimum absolute atomic E-state index is 0.238. The summed E-state index contributed by atoms with van der Waals surface area (Å²) >= 11 is 5.97. The molecule has 1 aliphatic rings. The van der Waals surface area contributed by atoms with Gasteiger partial charge in [0.2, 0.25) is 5.88 Å². The largest absolute Gasteiger partial charge is 0.477 e. The maximum atomic E-state index is 11.5. The second-order valence-corrected chi connectivity index (χ2v) is 7.28. The molecule has 0 bridgehead atoms. The Bertz CT molecular complexity index is 479. The van der Waals surface area contributed by atoms with Crippen LogP contribution in [0.2, 0.25) is 5.02 Å². The van der Waals surface area contributed by atoms with Gasteiger partial charge in [-0.1, -0.05) is 11.6 Å². The summed E-state index contributed by atoms with van der Waals surface area (Å²) < 4.78 is 16.6. The monoisotopic (exact) mass is 288 g/mol. The molecule has 0 amide bonds. The highest BCUT2D eigenvalue weighted by atomic mass is 35.5. The normalized spacial score (nSPS) is 21.0. The summed E-state index contributed by atoms with van der Waals surface area (Å²) in [7, 11) is -1.35. The van der Waals surface area contributed by atoms with Crippen molar-refractivity contribution in [2.24, 2.45) is 5.14 Å². The molecule has 0 aliphatic carbocycles. The third kappa shape index (κ3) is 2.84. The van der Waals surface area contributed by atoms with Crippen LogP contribution in [0.15, 0.2) is 12.3 Å². The zero-order valence-corrected chi connectivity index (χ0v) is 12.1. The SMILES string of the molecule is CC(C)(C[C@@H]1CCOc2ncc(Cl)cc21)S(N)=O. The van der Waals surface area contributed by atoms with Gasteiger partial charge in [0, 0.05) is 11.8 Å². The Hall–Kier alpha value is -0.650. The van der Waals surface area contributed by atoms with E-state index in [1.54, 1.807) is 6.20 Å². The fourth-order valence-corrected chi connectivity index (χ4v) is 2.73. The molecule has 0 aromatic carbocycles. The van der Waals surface area contributed by atoms with Gasteiger partial charge in [0.15, 0.2) is 0 Å². The molecule has 2 rings (SSSR count). The van der Waals surface area contributed by atoms with Gasteiger partial charge in [-0.25, -0.2) is 9.19 Å². The number of hydrogen-bond acceptors (Lipinski definition) is 3. The van der Waals surface area contributed by atoms with E-state index in [1.165, 1.54) is 0 Å². The molecule has 0 radical (unpaired) electrons. The van der Waals surface area contributed by atoms with Gasteiger partial charge in [-0.05, 0) is 38.7 Å². The van der Waals surface area contributed by atoms with Crippen LogP contribution in [0, 0.1) is 0 Å². The highest BCUT2D eigenvalue weighted by Gasteiger charge is 2.32. The number of aromatic nitrogens is 1. The summed E-state index contributed by atoms with van der Waals surface area (Å²) in [6.45, 7) is 4.45. The van der Waals surface area contributed by atoms with Crippen molar-refractivity contribution in [1.82, 2.24) is 4.98 Å². The van der Waals surface area contributed by atoms with Gasteiger partial charge in [0.1, 0.15) is 0 Å². The van der Waals surface area contributed by atoms with Crippen molar-refractivity contribution in [3.8, 4) is 5.88 Å². The third-order valence-corrected chi connectivity index (χ3v) is 4.74. The van der Waals surface area contributed by atoms with Crippen molar-refractivity contribution in [2.75, 3.05) is 6.61 Å². The summed E-state index contributed by atoms with van der Waals surface area (Å²) in [5.41, 5.74) is 0.993. The Labute approximate surface area is 114 Å². The molecule has 2 heterocycles. The lowest BCUT2D eigenvalue weighted by Crippen LogP contribution is -2.34. The second-order valence-electron chi connectivity index (χ2n) is 5.14. The van der Waals surface area contributed by atoms with E-state index in [-0.39, 0.29) is 5.92 Å². The Morgan fingerprint density at radius 2 is 2.39 bits per heavy atom. The van der Waals surface area contributed by atoms with Gasteiger partial charge in [0.05, 0.1) is 27.4 Å². The van der Waals surface area contributed by atoms with Crippen LogP contribution in [-0.4, -0.2) is 20.5 Å². The Balaban J connectivity index is 2.27. The first kappa shape index (κ1) is 13.8. The van der Waals surface area contributed by atoms with Crippen LogP contribution >= 0.6 is 11.6 Å². The highest BCUT2D eigenvalue weighted by Crippen LogP contribution is 2.39. The summed E-state index contributed by atoms with van der Waals surface area (Å²) in [5, 5.41) is 6.13. The number of halogens is 1. The minimum Gasteiger partial charge on any atom is -0.477 e.